The normalized spacial score (nSPS) is 12.7. The van der Waals surface area contributed by atoms with Gasteiger partial charge in [-0.3, -0.25) is 24.0 Å². The van der Waals surface area contributed by atoms with E-state index in [2.05, 4.69) is 0 Å². The number of aldehydes is 1. The van der Waals surface area contributed by atoms with Crippen molar-refractivity contribution < 1.29 is 23.6 Å². The van der Waals surface area contributed by atoms with Gasteiger partial charge in [-0.1, -0.05) is 0 Å². The summed E-state index contributed by atoms with van der Waals surface area (Å²) in [6.45, 7) is 0. The first-order chi connectivity index (χ1) is 9.73. The van der Waals surface area contributed by atoms with Crippen LogP contribution in [0.5, 0.6) is 0 Å². The van der Waals surface area contributed by atoms with Crippen molar-refractivity contribution >= 4 is 25.4 Å². The fraction of sp³-hybridized carbons (Fsp3) is 0.273. The lowest BCUT2D eigenvalue weighted by molar-refractivity contribution is -0.384. The number of nitrogens with two attached hydrogens (primary N) is 2. The molecule has 9 nitrogen and oxygen atoms in total. The number of nitro benzene ring substituents is 1. The van der Waals surface area contributed by atoms with Gasteiger partial charge in [0.1, 0.15) is 12.1 Å². The van der Waals surface area contributed by atoms with Crippen molar-refractivity contribution in [3.63, 3.8) is 0 Å². The number of hydrogen-bond acceptors (Lipinski definition) is 6. The highest BCUT2D eigenvalue weighted by Crippen LogP contribution is 2.38. The second kappa shape index (κ2) is 7.19. The second-order valence-corrected chi connectivity index (χ2v) is 5.70. The third kappa shape index (κ3) is 5.92. The number of carbonyl (C=O) groups is 2. The van der Waals surface area contributed by atoms with E-state index >= 15 is 0 Å². The van der Waals surface area contributed by atoms with Crippen molar-refractivity contribution in [2.45, 2.75) is 18.9 Å². The molecule has 0 radical (unpaired) electrons. The number of Topliss-reactive ketones (excluding diaryl/α,β-unsaturated/α-hetero) is 1. The molecule has 114 valence electrons. The van der Waals surface area contributed by atoms with Crippen molar-refractivity contribution in [1.29, 1.82) is 0 Å². The van der Waals surface area contributed by atoms with Gasteiger partial charge in [-0.05, 0) is 17.7 Å². The summed E-state index contributed by atoms with van der Waals surface area (Å²) in [6, 6.07) is 5.08. The number of carbonyl (C=O) groups excluding carboxylic acids is 2. The van der Waals surface area contributed by atoms with Crippen LogP contribution < -0.4 is 11.0 Å². The highest BCUT2D eigenvalue weighted by atomic mass is 31.2. The van der Waals surface area contributed by atoms with E-state index in [-0.39, 0.29) is 18.5 Å². The summed E-state index contributed by atoms with van der Waals surface area (Å²) in [5, 5.41) is 10.6. The Labute approximate surface area is 120 Å². The molecule has 0 aliphatic carbocycles. The van der Waals surface area contributed by atoms with Crippen LogP contribution in [0.15, 0.2) is 24.3 Å². The zero-order chi connectivity index (χ0) is 16.0. The number of hydrogen-bond donors (Lipinski definition) is 2. The molecule has 0 fully saturated rings. The van der Waals surface area contributed by atoms with Crippen LogP contribution >= 0.6 is 7.67 Å². The van der Waals surface area contributed by atoms with Crippen LogP contribution in [0.4, 0.5) is 5.69 Å². The van der Waals surface area contributed by atoms with Crippen LogP contribution in [0.3, 0.4) is 0 Å². The molecule has 0 saturated carbocycles. The summed E-state index contributed by atoms with van der Waals surface area (Å²) in [4.78, 5) is 31.8. The van der Waals surface area contributed by atoms with Gasteiger partial charge in [0.2, 0.25) is 0 Å². The summed E-state index contributed by atoms with van der Waals surface area (Å²) in [6.07, 6.45) is -1.21. The lowest BCUT2D eigenvalue weighted by Crippen LogP contribution is -2.16. The Hall–Kier alpha value is -1.93. The Balaban J connectivity index is 2.99. The number of benzene rings is 1. The molecule has 21 heavy (non-hydrogen) atoms. The van der Waals surface area contributed by atoms with Crippen LogP contribution in [0.2, 0.25) is 0 Å². The number of rotatable bonds is 8. The standard InChI is InChI=1S/C11H14N3O6P/c12-21(13,19)20-11(7-10(16)5-6-15)8-1-3-9(4-2-8)14(17)18/h1-4,6,11H,5,7H2,(H4,12,13,19). The summed E-state index contributed by atoms with van der Waals surface area (Å²) < 4.78 is 16.3. The lowest BCUT2D eigenvalue weighted by Gasteiger charge is -2.19. The fourth-order valence-electron chi connectivity index (χ4n) is 1.61. The molecule has 1 aromatic rings. The van der Waals surface area contributed by atoms with Gasteiger partial charge in [-0.15, -0.1) is 0 Å². The van der Waals surface area contributed by atoms with Crippen LogP contribution in [0.1, 0.15) is 24.5 Å². The molecule has 0 saturated heterocycles. The molecule has 10 heteroatoms. The maximum atomic E-state index is 11.5. The monoisotopic (exact) mass is 315 g/mol. The van der Waals surface area contributed by atoms with E-state index in [1.165, 1.54) is 24.3 Å². The van der Waals surface area contributed by atoms with Gasteiger partial charge in [-0.2, -0.15) is 0 Å². The molecule has 0 amide bonds. The lowest BCUT2D eigenvalue weighted by atomic mass is 10.0. The first-order valence-electron chi connectivity index (χ1n) is 5.78. The SMILES string of the molecule is NP(N)(=O)OC(CC(=O)CC=O)c1ccc([N+](=O)[O-])cc1. The fourth-order valence-corrected chi connectivity index (χ4v) is 2.20. The molecule has 0 aliphatic rings. The summed E-state index contributed by atoms with van der Waals surface area (Å²) >= 11 is 0. The minimum absolute atomic E-state index is 0.152. The molecule has 1 atom stereocenters. The molecule has 0 aliphatic heterocycles. The van der Waals surface area contributed by atoms with Crippen LogP contribution in [0, 0.1) is 10.1 Å². The predicted octanol–water partition coefficient (Wildman–Crippen LogP) is 1.23. The second-order valence-electron chi connectivity index (χ2n) is 4.20. The van der Waals surface area contributed by atoms with Crippen molar-refractivity contribution in [3.05, 3.63) is 39.9 Å². The molecule has 4 N–H and O–H groups in total. The highest BCUT2D eigenvalue weighted by Gasteiger charge is 2.23. The van der Waals surface area contributed by atoms with Crippen molar-refractivity contribution in [3.8, 4) is 0 Å². The summed E-state index contributed by atoms with van der Waals surface area (Å²) in [5.74, 6) is -0.457. The van der Waals surface area contributed by atoms with Gasteiger partial charge in [0.25, 0.3) is 5.69 Å². The minimum Gasteiger partial charge on any atom is -0.303 e. The zero-order valence-electron chi connectivity index (χ0n) is 10.9. The Morgan fingerprint density at radius 3 is 2.38 bits per heavy atom. The summed E-state index contributed by atoms with van der Waals surface area (Å²) in [7, 11) is -3.87. The number of nitro groups is 1. The minimum atomic E-state index is -3.87. The summed E-state index contributed by atoms with van der Waals surface area (Å²) in [5.41, 5.74) is 10.4. The van der Waals surface area contributed by atoms with E-state index in [4.69, 9.17) is 15.5 Å². The first-order valence-corrected chi connectivity index (χ1v) is 7.54. The Bertz CT molecular complexity index is 582. The third-order valence-electron chi connectivity index (χ3n) is 2.49. The molecular weight excluding hydrogens is 301 g/mol. The van der Waals surface area contributed by atoms with Crippen LogP contribution in [-0.4, -0.2) is 17.0 Å². The molecule has 0 aromatic heterocycles. The molecule has 0 heterocycles. The molecule has 0 spiro atoms. The van der Waals surface area contributed by atoms with E-state index < -0.39 is 24.5 Å². The van der Waals surface area contributed by atoms with E-state index in [1.807, 2.05) is 0 Å². The van der Waals surface area contributed by atoms with Gasteiger partial charge in [0.05, 0.1) is 17.4 Å². The average Bonchev–Trinajstić information content (AvgIpc) is 2.36. The van der Waals surface area contributed by atoms with Crippen molar-refractivity contribution in [2.24, 2.45) is 11.0 Å². The van der Waals surface area contributed by atoms with Gasteiger partial charge in [0, 0.05) is 18.6 Å². The quantitative estimate of drug-likeness (QED) is 0.238. The molecule has 1 unspecified atom stereocenters. The van der Waals surface area contributed by atoms with E-state index in [9.17, 15) is 24.3 Å². The maximum Gasteiger partial charge on any atom is 0.336 e. The third-order valence-corrected chi connectivity index (χ3v) is 3.08. The molecule has 1 aromatic carbocycles. The maximum absolute atomic E-state index is 11.5. The van der Waals surface area contributed by atoms with Crippen molar-refractivity contribution in [1.82, 2.24) is 0 Å². The first kappa shape index (κ1) is 17.1. The van der Waals surface area contributed by atoms with Gasteiger partial charge in [0.15, 0.2) is 0 Å². The number of non-ortho nitro benzene ring substituents is 1. The Morgan fingerprint density at radius 2 is 1.95 bits per heavy atom. The molecule has 1 rings (SSSR count). The zero-order valence-corrected chi connectivity index (χ0v) is 11.8. The molecule has 0 bridgehead atoms. The van der Waals surface area contributed by atoms with E-state index in [0.29, 0.717) is 11.8 Å². The van der Waals surface area contributed by atoms with Crippen LogP contribution in [0.25, 0.3) is 0 Å². The number of ketones is 1. The van der Waals surface area contributed by atoms with Crippen LogP contribution in [-0.2, 0) is 18.7 Å². The van der Waals surface area contributed by atoms with Gasteiger partial charge >= 0.3 is 7.67 Å². The predicted molar refractivity (Wildman–Crippen MR) is 73.2 cm³/mol. The smallest absolute Gasteiger partial charge is 0.303 e. The van der Waals surface area contributed by atoms with E-state index in [1.54, 1.807) is 0 Å². The Morgan fingerprint density at radius 1 is 1.38 bits per heavy atom. The average molecular weight is 315 g/mol. The van der Waals surface area contributed by atoms with Crippen molar-refractivity contribution in [2.75, 3.05) is 0 Å². The highest BCUT2D eigenvalue weighted by molar-refractivity contribution is 7.53. The molecular formula is C11H14N3O6P. The van der Waals surface area contributed by atoms with E-state index in [0.717, 1.165) is 0 Å². The van der Waals surface area contributed by atoms with Gasteiger partial charge in [-0.25, -0.2) is 11.0 Å². The topological polar surface area (TPSA) is 156 Å². The number of nitrogens with zero attached hydrogens (tertiary/aromatic N) is 1. The van der Waals surface area contributed by atoms with Gasteiger partial charge < -0.3 is 4.79 Å². The Kier molecular flexibility index (Phi) is 5.86. The largest absolute Gasteiger partial charge is 0.336 e.